The highest BCUT2D eigenvalue weighted by molar-refractivity contribution is 6.33. The molecule has 19 heavy (non-hydrogen) atoms. The number of carbonyl (C=O) groups is 1. The minimum atomic E-state index is -0.989. The number of rotatable bonds is 3. The highest BCUT2D eigenvalue weighted by Gasteiger charge is 2.46. The Morgan fingerprint density at radius 1 is 1.68 bits per heavy atom. The van der Waals surface area contributed by atoms with E-state index in [1.807, 2.05) is 6.07 Å². The van der Waals surface area contributed by atoms with Crippen LogP contribution in [-0.4, -0.2) is 30.3 Å². The zero-order chi connectivity index (χ0) is 14.0. The molecule has 1 aromatic carbocycles. The van der Waals surface area contributed by atoms with Gasteiger partial charge in [0.15, 0.2) is 0 Å². The maximum absolute atomic E-state index is 11.3. The van der Waals surface area contributed by atoms with Crippen molar-refractivity contribution in [3.8, 4) is 6.07 Å². The quantitative estimate of drug-likeness (QED) is 0.886. The number of ether oxygens (including phenoxy) is 1. The summed E-state index contributed by atoms with van der Waals surface area (Å²) in [6, 6.07) is 6.46. The Hall–Kier alpha value is -1.77. The number of hydrogen-bond acceptors (Lipinski definition) is 4. The van der Waals surface area contributed by atoms with Crippen LogP contribution in [0, 0.1) is 16.7 Å². The summed E-state index contributed by atoms with van der Waals surface area (Å²) < 4.78 is 5.25. The van der Waals surface area contributed by atoms with Gasteiger partial charge in [-0.15, -0.1) is 0 Å². The summed E-state index contributed by atoms with van der Waals surface area (Å²) in [5.41, 5.74) is 0.0693. The standard InChI is InChI=1S/C13H13ClN2O3/c1-13(12(17)18)7-19-6-11(13)16-10-3-2-8(5-15)4-9(10)14/h2-4,11,16H,6-7H2,1H3,(H,17,18). The van der Waals surface area contributed by atoms with Crippen molar-refractivity contribution in [3.63, 3.8) is 0 Å². The molecule has 0 radical (unpaired) electrons. The second-order valence-electron chi connectivity index (χ2n) is 4.74. The molecule has 1 saturated heterocycles. The van der Waals surface area contributed by atoms with Crippen molar-refractivity contribution in [2.75, 3.05) is 18.5 Å². The molecular weight excluding hydrogens is 268 g/mol. The lowest BCUT2D eigenvalue weighted by molar-refractivity contribution is -0.148. The van der Waals surface area contributed by atoms with Crippen molar-refractivity contribution < 1.29 is 14.6 Å². The van der Waals surface area contributed by atoms with Crippen LogP contribution in [0.5, 0.6) is 0 Å². The van der Waals surface area contributed by atoms with E-state index in [4.69, 9.17) is 21.6 Å². The van der Waals surface area contributed by atoms with Crippen LogP contribution in [0.25, 0.3) is 0 Å². The van der Waals surface area contributed by atoms with Crippen molar-refractivity contribution in [1.82, 2.24) is 0 Å². The highest BCUT2D eigenvalue weighted by atomic mass is 35.5. The number of carboxylic acids is 1. The van der Waals surface area contributed by atoms with Crippen molar-refractivity contribution in [3.05, 3.63) is 28.8 Å². The van der Waals surface area contributed by atoms with Crippen LogP contribution >= 0.6 is 11.6 Å². The van der Waals surface area contributed by atoms with Gasteiger partial charge in [0.2, 0.25) is 0 Å². The first-order chi connectivity index (χ1) is 8.97. The van der Waals surface area contributed by atoms with Crippen molar-refractivity contribution in [2.24, 2.45) is 5.41 Å². The first-order valence-electron chi connectivity index (χ1n) is 5.74. The van der Waals surface area contributed by atoms with E-state index in [1.54, 1.807) is 19.1 Å². The van der Waals surface area contributed by atoms with Gasteiger partial charge in [-0.3, -0.25) is 4.79 Å². The van der Waals surface area contributed by atoms with Crippen LogP contribution in [0.2, 0.25) is 5.02 Å². The number of hydrogen-bond donors (Lipinski definition) is 2. The first kappa shape index (κ1) is 13.7. The molecule has 5 nitrogen and oxygen atoms in total. The third-order valence-electron chi connectivity index (χ3n) is 3.37. The molecule has 2 unspecified atom stereocenters. The van der Waals surface area contributed by atoms with Crippen LogP contribution in [0.4, 0.5) is 5.69 Å². The third-order valence-corrected chi connectivity index (χ3v) is 3.68. The maximum Gasteiger partial charge on any atom is 0.313 e. The predicted octanol–water partition coefficient (Wildman–Crippen LogP) is 2.11. The van der Waals surface area contributed by atoms with Gasteiger partial charge in [-0.2, -0.15) is 5.26 Å². The van der Waals surface area contributed by atoms with Crippen molar-refractivity contribution in [1.29, 1.82) is 5.26 Å². The monoisotopic (exact) mass is 280 g/mol. The van der Waals surface area contributed by atoms with E-state index in [1.165, 1.54) is 6.07 Å². The first-order valence-corrected chi connectivity index (χ1v) is 6.12. The summed E-state index contributed by atoms with van der Waals surface area (Å²) in [5, 5.41) is 21.5. The zero-order valence-corrected chi connectivity index (χ0v) is 11.1. The topological polar surface area (TPSA) is 82.3 Å². The summed E-state index contributed by atoms with van der Waals surface area (Å²) in [7, 11) is 0. The van der Waals surface area contributed by atoms with E-state index in [-0.39, 0.29) is 12.6 Å². The fourth-order valence-electron chi connectivity index (χ4n) is 1.97. The van der Waals surface area contributed by atoms with E-state index in [0.29, 0.717) is 22.9 Å². The minimum Gasteiger partial charge on any atom is -0.481 e. The van der Waals surface area contributed by atoms with Crippen LogP contribution in [0.15, 0.2) is 18.2 Å². The molecule has 0 bridgehead atoms. The Labute approximate surface area is 115 Å². The number of halogens is 1. The van der Waals surface area contributed by atoms with Gasteiger partial charge in [0, 0.05) is 0 Å². The molecule has 0 aliphatic carbocycles. The Kier molecular flexibility index (Phi) is 3.65. The second-order valence-corrected chi connectivity index (χ2v) is 5.15. The van der Waals surface area contributed by atoms with E-state index in [9.17, 15) is 9.90 Å². The fourth-order valence-corrected chi connectivity index (χ4v) is 2.21. The molecule has 1 aromatic rings. The summed E-state index contributed by atoms with van der Waals surface area (Å²) in [4.78, 5) is 11.3. The molecule has 0 amide bonds. The molecule has 0 spiro atoms. The molecule has 1 fully saturated rings. The summed E-state index contributed by atoms with van der Waals surface area (Å²) in [6.45, 7) is 2.10. The van der Waals surface area contributed by atoms with E-state index in [2.05, 4.69) is 5.32 Å². The average molecular weight is 281 g/mol. The third kappa shape index (κ3) is 2.50. The lowest BCUT2D eigenvalue weighted by Gasteiger charge is -2.26. The van der Waals surface area contributed by atoms with Gasteiger partial charge in [0.25, 0.3) is 0 Å². The van der Waals surface area contributed by atoms with Crippen LogP contribution in [-0.2, 0) is 9.53 Å². The molecule has 2 rings (SSSR count). The smallest absolute Gasteiger partial charge is 0.313 e. The number of anilines is 1. The van der Waals surface area contributed by atoms with Crippen molar-refractivity contribution in [2.45, 2.75) is 13.0 Å². The fraction of sp³-hybridized carbons (Fsp3) is 0.385. The number of nitrogens with one attached hydrogen (secondary N) is 1. The number of carboxylic acid groups (broad SMARTS) is 1. The molecule has 0 aromatic heterocycles. The predicted molar refractivity (Wildman–Crippen MR) is 70.1 cm³/mol. The van der Waals surface area contributed by atoms with E-state index < -0.39 is 11.4 Å². The zero-order valence-electron chi connectivity index (χ0n) is 10.3. The highest BCUT2D eigenvalue weighted by Crippen LogP contribution is 2.33. The van der Waals surface area contributed by atoms with Crippen LogP contribution in [0.1, 0.15) is 12.5 Å². The number of aliphatic carboxylic acids is 1. The summed E-state index contributed by atoms with van der Waals surface area (Å²) in [5.74, 6) is -0.910. The molecule has 1 aliphatic heterocycles. The minimum absolute atomic E-state index is 0.161. The Bertz CT molecular complexity index is 555. The van der Waals surface area contributed by atoms with Crippen LogP contribution < -0.4 is 5.32 Å². The lowest BCUT2D eigenvalue weighted by atomic mass is 9.85. The maximum atomic E-state index is 11.3. The van der Waals surface area contributed by atoms with Gasteiger partial charge in [0.05, 0.1) is 41.6 Å². The average Bonchev–Trinajstić information content (AvgIpc) is 2.75. The molecule has 100 valence electrons. The number of nitrogens with zero attached hydrogens (tertiary/aromatic N) is 1. The van der Waals surface area contributed by atoms with Gasteiger partial charge in [-0.05, 0) is 25.1 Å². The Morgan fingerprint density at radius 2 is 2.42 bits per heavy atom. The van der Waals surface area contributed by atoms with Gasteiger partial charge in [0.1, 0.15) is 5.41 Å². The Balaban J connectivity index is 2.22. The summed E-state index contributed by atoms with van der Waals surface area (Å²) in [6.07, 6.45) is 0. The summed E-state index contributed by atoms with van der Waals surface area (Å²) >= 11 is 6.06. The number of nitriles is 1. The van der Waals surface area contributed by atoms with Gasteiger partial charge < -0.3 is 15.2 Å². The normalized spacial score (nSPS) is 25.8. The van der Waals surface area contributed by atoms with E-state index >= 15 is 0 Å². The largest absolute Gasteiger partial charge is 0.481 e. The van der Waals surface area contributed by atoms with Crippen LogP contribution in [0.3, 0.4) is 0 Å². The SMILES string of the molecule is CC1(C(=O)O)COCC1Nc1ccc(C#N)cc1Cl. The number of benzene rings is 1. The molecule has 0 saturated carbocycles. The molecule has 2 atom stereocenters. The molecular formula is C13H13ClN2O3. The Morgan fingerprint density at radius 3 is 3.00 bits per heavy atom. The van der Waals surface area contributed by atoms with Gasteiger partial charge in [-0.1, -0.05) is 11.6 Å². The molecule has 6 heteroatoms. The van der Waals surface area contributed by atoms with E-state index in [0.717, 1.165) is 0 Å². The van der Waals surface area contributed by atoms with Gasteiger partial charge >= 0.3 is 5.97 Å². The van der Waals surface area contributed by atoms with Crippen molar-refractivity contribution >= 4 is 23.3 Å². The lowest BCUT2D eigenvalue weighted by Crippen LogP contribution is -2.43. The molecule has 1 heterocycles. The second kappa shape index (κ2) is 5.08. The van der Waals surface area contributed by atoms with Gasteiger partial charge in [-0.25, -0.2) is 0 Å². The molecule has 2 N–H and O–H groups in total. The molecule has 1 aliphatic rings.